The molecule has 0 radical (unpaired) electrons. The zero-order chi connectivity index (χ0) is 22.0. The van der Waals surface area contributed by atoms with Gasteiger partial charge in [-0.2, -0.15) is 0 Å². The molecule has 3 aliphatic rings. The number of hydrogen-bond acceptors (Lipinski definition) is 6. The molecule has 1 N–H and O–H groups in total. The summed E-state index contributed by atoms with van der Waals surface area (Å²) >= 11 is 0. The van der Waals surface area contributed by atoms with Crippen molar-refractivity contribution in [3.63, 3.8) is 0 Å². The number of methoxy groups -OCH3 is 1. The van der Waals surface area contributed by atoms with Gasteiger partial charge in [0.1, 0.15) is 6.10 Å². The molecule has 2 aliphatic carbocycles. The van der Waals surface area contributed by atoms with E-state index in [1.165, 1.54) is 13.5 Å². The Kier molecular flexibility index (Phi) is 6.25. The Balaban J connectivity index is 1.72. The largest absolute Gasteiger partial charge is 0.465 e. The average Bonchev–Trinajstić information content (AvgIpc) is 2.78. The number of ketones is 1. The number of esters is 2. The van der Waals surface area contributed by atoms with E-state index in [-0.39, 0.29) is 17.9 Å². The molecule has 0 bridgehead atoms. The van der Waals surface area contributed by atoms with Crippen LogP contribution in [-0.4, -0.2) is 30.9 Å². The smallest absolute Gasteiger partial charge is 0.337 e. The molecule has 164 valence electrons. The van der Waals surface area contributed by atoms with Crippen LogP contribution < -0.4 is 5.32 Å². The predicted molar refractivity (Wildman–Crippen MR) is 115 cm³/mol. The molecular formula is C25H29NO5. The second-order valence-electron chi connectivity index (χ2n) is 8.54. The molecule has 0 saturated heterocycles. The van der Waals surface area contributed by atoms with Gasteiger partial charge in [0.2, 0.25) is 0 Å². The van der Waals surface area contributed by atoms with Gasteiger partial charge in [0.15, 0.2) is 5.78 Å². The van der Waals surface area contributed by atoms with E-state index < -0.39 is 11.9 Å². The lowest BCUT2D eigenvalue weighted by atomic mass is 9.75. The highest BCUT2D eigenvalue weighted by molar-refractivity contribution is 6.03. The summed E-state index contributed by atoms with van der Waals surface area (Å²) < 4.78 is 10.7. The summed E-state index contributed by atoms with van der Waals surface area (Å²) in [5, 5.41) is 3.32. The van der Waals surface area contributed by atoms with Gasteiger partial charge in [0, 0.05) is 29.3 Å². The first-order valence-corrected chi connectivity index (χ1v) is 11.1. The highest BCUT2D eigenvalue weighted by Crippen LogP contribution is 2.43. The molecule has 1 heterocycles. The van der Waals surface area contributed by atoms with Gasteiger partial charge in [-0.3, -0.25) is 4.79 Å². The summed E-state index contributed by atoms with van der Waals surface area (Å²) in [7, 11) is 1.34. The Bertz CT molecular complexity index is 951. The number of ether oxygens (including phenoxy) is 2. The fraction of sp³-hybridized carbons (Fsp3) is 0.480. The third-order valence-corrected chi connectivity index (χ3v) is 6.49. The molecule has 1 saturated carbocycles. The van der Waals surface area contributed by atoms with Gasteiger partial charge in [-0.15, -0.1) is 0 Å². The van der Waals surface area contributed by atoms with Crippen molar-refractivity contribution in [1.29, 1.82) is 0 Å². The maximum atomic E-state index is 13.3. The van der Waals surface area contributed by atoms with Crippen LogP contribution in [0.5, 0.6) is 0 Å². The fourth-order valence-electron chi connectivity index (χ4n) is 4.91. The number of nitrogens with one attached hydrogen (secondary N) is 1. The minimum atomic E-state index is -0.494. The summed E-state index contributed by atoms with van der Waals surface area (Å²) in [5.74, 6) is -1.21. The lowest BCUT2D eigenvalue weighted by molar-refractivity contribution is -0.146. The van der Waals surface area contributed by atoms with E-state index in [1.54, 1.807) is 24.3 Å². The second-order valence-corrected chi connectivity index (χ2v) is 8.54. The maximum Gasteiger partial charge on any atom is 0.337 e. The SMILES string of the molecule is COC(=O)c1ccc([C@@H]2C(C(=O)OC3CCCCC3)=C(C)NC3=C2C(=O)CCC3)cc1. The van der Waals surface area contributed by atoms with Gasteiger partial charge >= 0.3 is 11.9 Å². The molecular weight excluding hydrogens is 394 g/mol. The van der Waals surface area contributed by atoms with Crippen molar-refractivity contribution >= 4 is 17.7 Å². The molecule has 6 heteroatoms. The van der Waals surface area contributed by atoms with E-state index in [0.717, 1.165) is 55.5 Å². The van der Waals surface area contributed by atoms with Crippen molar-refractivity contribution in [2.24, 2.45) is 0 Å². The van der Waals surface area contributed by atoms with Gasteiger partial charge in [-0.1, -0.05) is 18.6 Å². The molecule has 0 spiro atoms. The Morgan fingerprint density at radius 1 is 0.968 bits per heavy atom. The van der Waals surface area contributed by atoms with Crippen LogP contribution >= 0.6 is 0 Å². The highest BCUT2D eigenvalue weighted by Gasteiger charge is 2.39. The third kappa shape index (κ3) is 4.29. The number of dihydropyridines is 1. The highest BCUT2D eigenvalue weighted by atomic mass is 16.5. The number of rotatable bonds is 4. The van der Waals surface area contributed by atoms with E-state index in [4.69, 9.17) is 9.47 Å². The van der Waals surface area contributed by atoms with Crippen molar-refractivity contribution in [3.8, 4) is 0 Å². The molecule has 1 aliphatic heterocycles. The Hall–Kier alpha value is -2.89. The van der Waals surface area contributed by atoms with Crippen LogP contribution in [0.4, 0.5) is 0 Å². The molecule has 1 aromatic carbocycles. The summed E-state index contributed by atoms with van der Waals surface area (Å²) in [6.07, 6.45) is 7.07. The fourth-order valence-corrected chi connectivity index (χ4v) is 4.91. The average molecular weight is 424 g/mol. The topological polar surface area (TPSA) is 81.7 Å². The van der Waals surface area contributed by atoms with Crippen molar-refractivity contribution in [2.45, 2.75) is 70.3 Å². The molecule has 0 amide bonds. The normalized spacial score (nSPS) is 22.0. The van der Waals surface area contributed by atoms with Gasteiger partial charge in [0.05, 0.1) is 18.2 Å². The van der Waals surface area contributed by atoms with Crippen LogP contribution in [0.15, 0.2) is 46.8 Å². The molecule has 1 aromatic rings. The third-order valence-electron chi connectivity index (χ3n) is 6.49. The van der Waals surface area contributed by atoms with Gasteiger partial charge < -0.3 is 14.8 Å². The van der Waals surface area contributed by atoms with Crippen molar-refractivity contribution in [3.05, 3.63) is 57.9 Å². The number of hydrogen-bond donors (Lipinski definition) is 1. The quantitative estimate of drug-likeness (QED) is 0.727. The van der Waals surface area contributed by atoms with E-state index >= 15 is 0 Å². The predicted octanol–water partition coefficient (Wildman–Crippen LogP) is 4.32. The van der Waals surface area contributed by atoms with E-state index in [1.807, 2.05) is 6.92 Å². The van der Waals surface area contributed by atoms with Crippen molar-refractivity contribution in [1.82, 2.24) is 5.32 Å². The van der Waals surface area contributed by atoms with Crippen molar-refractivity contribution < 1.29 is 23.9 Å². The summed E-state index contributed by atoms with van der Waals surface area (Å²) in [5.41, 5.74) is 3.99. The van der Waals surface area contributed by atoms with Crippen LogP contribution in [0.1, 0.15) is 80.1 Å². The first kappa shape index (κ1) is 21.3. The number of benzene rings is 1. The monoisotopic (exact) mass is 423 g/mol. The van der Waals surface area contributed by atoms with E-state index in [0.29, 0.717) is 23.1 Å². The van der Waals surface area contributed by atoms with Gasteiger partial charge in [0.25, 0.3) is 0 Å². The van der Waals surface area contributed by atoms with E-state index in [2.05, 4.69) is 5.32 Å². The molecule has 4 rings (SSSR count). The van der Waals surface area contributed by atoms with E-state index in [9.17, 15) is 14.4 Å². The zero-order valence-electron chi connectivity index (χ0n) is 18.2. The van der Waals surface area contributed by atoms with Crippen molar-refractivity contribution in [2.75, 3.05) is 7.11 Å². The number of carbonyl (C=O) groups excluding carboxylic acids is 3. The van der Waals surface area contributed by atoms with Crippen LogP contribution in [-0.2, 0) is 19.1 Å². The summed E-state index contributed by atoms with van der Waals surface area (Å²) in [6, 6.07) is 6.96. The lowest BCUT2D eigenvalue weighted by Gasteiger charge is -2.35. The van der Waals surface area contributed by atoms with Crippen LogP contribution in [0, 0.1) is 0 Å². The van der Waals surface area contributed by atoms with Crippen LogP contribution in [0.25, 0.3) is 0 Å². The summed E-state index contributed by atoms with van der Waals surface area (Å²) in [6.45, 7) is 1.87. The standard InChI is InChI=1S/C25H29NO5/c1-15-21(25(29)31-18-7-4-3-5-8-18)22(23-19(26-15)9-6-10-20(23)27)16-11-13-17(14-12-16)24(28)30-2/h11-14,18,22,26H,3-10H2,1-2H3/t22-/m1/s1. The Morgan fingerprint density at radius 2 is 1.68 bits per heavy atom. The summed E-state index contributed by atoms with van der Waals surface area (Å²) in [4.78, 5) is 38.1. The minimum Gasteiger partial charge on any atom is -0.465 e. The van der Waals surface area contributed by atoms with Crippen LogP contribution in [0.3, 0.4) is 0 Å². The van der Waals surface area contributed by atoms with Crippen LogP contribution in [0.2, 0.25) is 0 Å². The number of allylic oxidation sites excluding steroid dienone is 3. The van der Waals surface area contributed by atoms with Gasteiger partial charge in [-0.25, -0.2) is 9.59 Å². The molecule has 0 aromatic heterocycles. The lowest BCUT2D eigenvalue weighted by Crippen LogP contribution is -2.35. The number of Topliss-reactive ketones (excluding diaryl/α,β-unsaturated/α-hetero) is 1. The Labute approximate surface area is 182 Å². The minimum absolute atomic E-state index is 0.0614. The molecule has 1 atom stereocenters. The molecule has 0 unspecified atom stereocenters. The second kappa shape index (κ2) is 9.08. The first-order valence-electron chi connectivity index (χ1n) is 11.1. The Morgan fingerprint density at radius 3 is 2.35 bits per heavy atom. The maximum absolute atomic E-state index is 13.3. The number of carbonyl (C=O) groups is 3. The van der Waals surface area contributed by atoms with Gasteiger partial charge in [-0.05, 0) is 63.1 Å². The molecule has 6 nitrogen and oxygen atoms in total. The zero-order valence-corrected chi connectivity index (χ0v) is 18.2. The first-order chi connectivity index (χ1) is 15.0. The molecule has 1 fully saturated rings. The molecule has 31 heavy (non-hydrogen) atoms.